The molecule has 0 aliphatic carbocycles. The van der Waals surface area contributed by atoms with Crippen molar-refractivity contribution in [3.63, 3.8) is 0 Å². The first-order chi connectivity index (χ1) is 7.22. The zero-order chi connectivity index (χ0) is 11.1. The number of hydrogen-bond donors (Lipinski definition) is 1. The second-order valence-corrected chi connectivity index (χ2v) is 4.49. The summed E-state index contributed by atoms with van der Waals surface area (Å²) in [5, 5.41) is 10.0. The molecule has 0 fully saturated rings. The number of rotatable bonds is 6. The molecule has 6 heteroatoms. The molecular formula is C9H12NO3PS. The fourth-order valence-electron chi connectivity index (χ4n) is 0.999. The van der Waals surface area contributed by atoms with Crippen LogP contribution in [0.25, 0.3) is 0 Å². The first-order valence-electron chi connectivity index (χ1n) is 4.36. The maximum Gasteiger partial charge on any atom is 0.321 e. The summed E-state index contributed by atoms with van der Waals surface area (Å²) in [6.45, 7) is -0.154. The number of carboxylic acid groups (broad SMARTS) is 1. The van der Waals surface area contributed by atoms with Crippen molar-refractivity contribution in [1.82, 2.24) is 5.06 Å². The SMILES string of the molecule is O=C(O)CN(C[PH2]=S)Oc1ccccc1. The quantitative estimate of drug-likeness (QED) is 0.602. The summed E-state index contributed by atoms with van der Waals surface area (Å²) >= 11 is 4.87. The Morgan fingerprint density at radius 2 is 2.13 bits per heavy atom. The summed E-state index contributed by atoms with van der Waals surface area (Å²) in [5.41, 5.74) is 0. The van der Waals surface area contributed by atoms with Gasteiger partial charge in [0.1, 0.15) is 12.3 Å². The van der Waals surface area contributed by atoms with Crippen molar-refractivity contribution in [2.24, 2.45) is 0 Å². The molecule has 1 rings (SSSR count). The molecule has 0 aromatic heterocycles. The van der Waals surface area contributed by atoms with Crippen LogP contribution in [0, 0.1) is 0 Å². The molecule has 1 unspecified atom stereocenters. The Morgan fingerprint density at radius 1 is 1.47 bits per heavy atom. The van der Waals surface area contributed by atoms with Crippen LogP contribution < -0.4 is 4.84 Å². The van der Waals surface area contributed by atoms with Crippen LogP contribution in [0.5, 0.6) is 5.75 Å². The molecule has 0 heterocycles. The highest BCUT2D eigenvalue weighted by molar-refractivity contribution is 7.96. The third kappa shape index (κ3) is 4.93. The van der Waals surface area contributed by atoms with Gasteiger partial charge < -0.3 is 9.94 Å². The molecule has 4 nitrogen and oxygen atoms in total. The lowest BCUT2D eigenvalue weighted by atomic mass is 10.3. The average Bonchev–Trinajstić information content (AvgIpc) is 2.18. The smallest absolute Gasteiger partial charge is 0.321 e. The number of carboxylic acids is 1. The van der Waals surface area contributed by atoms with E-state index in [1.165, 1.54) is 5.06 Å². The van der Waals surface area contributed by atoms with E-state index in [9.17, 15) is 4.79 Å². The van der Waals surface area contributed by atoms with Gasteiger partial charge in [-0.05, 0) is 12.1 Å². The van der Waals surface area contributed by atoms with Crippen molar-refractivity contribution in [3.8, 4) is 5.75 Å². The van der Waals surface area contributed by atoms with Crippen molar-refractivity contribution < 1.29 is 14.7 Å². The lowest BCUT2D eigenvalue weighted by Crippen LogP contribution is -2.31. The number of para-hydroxylation sites is 1. The Balaban J connectivity index is 2.58. The van der Waals surface area contributed by atoms with E-state index in [1.807, 2.05) is 18.2 Å². The first kappa shape index (κ1) is 12.2. The van der Waals surface area contributed by atoms with E-state index < -0.39 is 5.97 Å². The number of carbonyl (C=O) groups is 1. The molecule has 0 saturated heterocycles. The molecule has 1 aromatic rings. The van der Waals surface area contributed by atoms with Gasteiger partial charge in [-0.25, -0.2) is 0 Å². The topological polar surface area (TPSA) is 49.8 Å². The monoisotopic (exact) mass is 245 g/mol. The number of hydrogen-bond acceptors (Lipinski definition) is 4. The van der Waals surface area contributed by atoms with E-state index >= 15 is 0 Å². The Labute approximate surface area is 94.3 Å². The van der Waals surface area contributed by atoms with Crippen LogP contribution in [0.15, 0.2) is 30.3 Å². The standard InChI is InChI=1S/C9H12NO3PS/c11-9(12)6-10(7-14-15)13-8-4-2-1-3-5-8/h1-5H,6-7,14H2,(H,11,12). The Hall–Kier alpha value is -0.900. The van der Waals surface area contributed by atoms with Crippen LogP contribution in [-0.2, 0) is 16.6 Å². The summed E-state index contributed by atoms with van der Waals surface area (Å²) in [4.78, 5) is 15.9. The lowest BCUT2D eigenvalue weighted by molar-refractivity contribution is -0.146. The van der Waals surface area contributed by atoms with Gasteiger partial charge >= 0.3 is 5.97 Å². The van der Waals surface area contributed by atoms with E-state index in [-0.39, 0.29) is 13.9 Å². The minimum absolute atomic E-state index is 0.154. The molecule has 15 heavy (non-hydrogen) atoms. The van der Waals surface area contributed by atoms with Gasteiger partial charge in [-0.1, -0.05) is 25.6 Å². The van der Waals surface area contributed by atoms with Gasteiger partial charge in [-0.3, -0.25) is 4.79 Å². The van der Waals surface area contributed by atoms with Gasteiger partial charge in [0.15, 0.2) is 0 Å². The number of aliphatic carboxylic acids is 1. The highest BCUT2D eigenvalue weighted by Gasteiger charge is 2.09. The molecule has 1 aromatic carbocycles. The van der Waals surface area contributed by atoms with Crippen LogP contribution >= 0.6 is 7.36 Å². The van der Waals surface area contributed by atoms with Crippen molar-refractivity contribution in [3.05, 3.63) is 30.3 Å². The van der Waals surface area contributed by atoms with E-state index in [1.54, 1.807) is 12.1 Å². The summed E-state index contributed by atoms with van der Waals surface area (Å²) in [6, 6.07) is 9.07. The van der Waals surface area contributed by atoms with E-state index in [2.05, 4.69) is 0 Å². The molecule has 82 valence electrons. The Bertz CT molecular complexity index is 333. The highest BCUT2D eigenvalue weighted by atomic mass is 32.4. The molecule has 1 atom stereocenters. The predicted molar refractivity (Wildman–Crippen MR) is 63.4 cm³/mol. The Morgan fingerprint density at radius 3 is 2.67 bits per heavy atom. The summed E-state index contributed by atoms with van der Waals surface area (Å²) < 4.78 is 0. The van der Waals surface area contributed by atoms with Gasteiger partial charge in [0, 0.05) is 0 Å². The molecular weight excluding hydrogens is 233 g/mol. The third-order valence-corrected chi connectivity index (χ3v) is 2.57. The van der Waals surface area contributed by atoms with Gasteiger partial charge in [0.05, 0.1) is 6.29 Å². The zero-order valence-electron chi connectivity index (χ0n) is 8.00. The number of benzene rings is 1. The van der Waals surface area contributed by atoms with Crippen LogP contribution in [-0.4, -0.2) is 29.0 Å². The third-order valence-electron chi connectivity index (χ3n) is 1.57. The van der Waals surface area contributed by atoms with Gasteiger partial charge in [-0.2, -0.15) is 0 Å². The fraction of sp³-hybridized carbons (Fsp3) is 0.222. The van der Waals surface area contributed by atoms with E-state index in [0.717, 1.165) is 0 Å². The van der Waals surface area contributed by atoms with Gasteiger partial charge in [0.2, 0.25) is 0 Å². The van der Waals surface area contributed by atoms with Gasteiger partial charge in [0.25, 0.3) is 0 Å². The van der Waals surface area contributed by atoms with Crippen LogP contribution in [0.2, 0.25) is 0 Å². The van der Waals surface area contributed by atoms with Crippen molar-refractivity contribution >= 4 is 25.1 Å². The first-order valence-corrected chi connectivity index (χ1v) is 7.06. The Kier molecular flexibility index (Phi) is 5.32. The minimum atomic E-state index is -0.922. The maximum atomic E-state index is 10.5. The van der Waals surface area contributed by atoms with Crippen molar-refractivity contribution in [2.45, 2.75) is 0 Å². The average molecular weight is 245 g/mol. The van der Waals surface area contributed by atoms with Crippen molar-refractivity contribution in [2.75, 3.05) is 12.8 Å². The zero-order valence-corrected chi connectivity index (χ0v) is 9.97. The molecule has 0 radical (unpaired) electrons. The minimum Gasteiger partial charge on any atom is -0.480 e. The fourth-order valence-corrected chi connectivity index (χ4v) is 1.87. The molecule has 0 bridgehead atoms. The predicted octanol–water partition coefficient (Wildman–Crippen LogP) is 1.20. The molecule has 0 aliphatic heterocycles. The molecule has 0 saturated carbocycles. The normalized spacial score (nSPS) is 11.0. The largest absolute Gasteiger partial charge is 0.480 e. The summed E-state index contributed by atoms with van der Waals surface area (Å²) in [6.07, 6.45) is 0.497. The lowest BCUT2D eigenvalue weighted by Gasteiger charge is -2.18. The number of hydroxylamine groups is 2. The van der Waals surface area contributed by atoms with E-state index in [4.69, 9.17) is 21.8 Å². The summed E-state index contributed by atoms with van der Waals surface area (Å²) in [5.74, 6) is -0.296. The molecule has 0 aliphatic rings. The maximum absolute atomic E-state index is 10.5. The molecule has 0 spiro atoms. The molecule has 1 N–H and O–H groups in total. The van der Waals surface area contributed by atoms with Crippen molar-refractivity contribution in [1.29, 1.82) is 0 Å². The van der Waals surface area contributed by atoms with Crippen LogP contribution in [0.4, 0.5) is 0 Å². The van der Waals surface area contributed by atoms with Crippen LogP contribution in [0.1, 0.15) is 0 Å². The summed E-state index contributed by atoms with van der Waals surface area (Å²) in [7, 11) is -0.231. The highest BCUT2D eigenvalue weighted by Crippen LogP contribution is 2.11. The van der Waals surface area contributed by atoms with E-state index in [0.29, 0.717) is 12.0 Å². The second kappa shape index (κ2) is 6.56. The second-order valence-electron chi connectivity index (χ2n) is 2.79. The molecule has 0 amide bonds. The number of nitrogens with zero attached hydrogens (tertiary/aromatic N) is 1. The van der Waals surface area contributed by atoms with Gasteiger partial charge in [-0.15, -0.1) is 16.9 Å². The van der Waals surface area contributed by atoms with Crippen LogP contribution in [0.3, 0.4) is 0 Å².